The van der Waals surface area contributed by atoms with Gasteiger partial charge in [0.25, 0.3) is 0 Å². The first-order chi connectivity index (χ1) is 13.1. The standard InChI is InChI=1S/C23H34N2O2/c1-5-7-8-9-10-19(4)27-21-13-11-20(12-14-21)23-24-15-22(16-25-23)26-17-18(3)6-2/h11-16,18-19H,5-10,17H2,1-4H3/t18?,19-/m1/s1. The Hall–Kier alpha value is -2.10. The molecule has 0 saturated heterocycles. The number of hydrogen-bond acceptors (Lipinski definition) is 4. The van der Waals surface area contributed by atoms with Crippen molar-refractivity contribution in [2.45, 2.75) is 72.3 Å². The number of nitrogens with zero attached hydrogens (tertiary/aromatic N) is 2. The molecule has 4 nitrogen and oxygen atoms in total. The SMILES string of the molecule is CCCCCC[C@@H](C)Oc1ccc(-c2ncc(OCC(C)CC)cn2)cc1. The van der Waals surface area contributed by atoms with E-state index in [2.05, 4.69) is 37.7 Å². The Morgan fingerprint density at radius 2 is 1.59 bits per heavy atom. The average Bonchev–Trinajstić information content (AvgIpc) is 2.70. The number of hydrogen-bond donors (Lipinski definition) is 0. The molecule has 27 heavy (non-hydrogen) atoms. The maximum atomic E-state index is 6.01. The second-order valence-electron chi connectivity index (χ2n) is 7.37. The van der Waals surface area contributed by atoms with Gasteiger partial charge in [0, 0.05) is 5.56 Å². The van der Waals surface area contributed by atoms with E-state index in [-0.39, 0.29) is 6.10 Å². The first-order valence-electron chi connectivity index (χ1n) is 10.3. The zero-order valence-electron chi connectivity index (χ0n) is 17.3. The molecule has 0 radical (unpaired) electrons. The minimum atomic E-state index is 0.242. The normalized spacial score (nSPS) is 13.2. The number of aromatic nitrogens is 2. The summed E-state index contributed by atoms with van der Waals surface area (Å²) in [6.45, 7) is 9.40. The van der Waals surface area contributed by atoms with Crippen LogP contribution < -0.4 is 9.47 Å². The van der Waals surface area contributed by atoms with Gasteiger partial charge in [-0.2, -0.15) is 0 Å². The molecule has 0 spiro atoms. The van der Waals surface area contributed by atoms with E-state index in [9.17, 15) is 0 Å². The number of rotatable bonds is 12. The van der Waals surface area contributed by atoms with Gasteiger partial charge in [-0.3, -0.25) is 0 Å². The summed E-state index contributed by atoms with van der Waals surface area (Å²) in [4.78, 5) is 8.85. The predicted molar refractivity (Wildman–Crippen MR) is 111 cm³/mol. The zero-order valence-corrected chi connectivity index (χ0v) is 17.3. The van der Waals surface area contributed by atoms with Crippen LogP contribution in [0.1, 0.15) is 66.2 Å². The van der Waals surface area contributed by atoms with Crippen molar-refractivity contribution in [2.24, 2.45) is 5.92 Å². The van der Waals surface area contributed by atoms with Crippen LogP contribution in [0.3, 0.4) is 0 Å². The van der Waals surface area contributed by atoms with Crippen LogP contribution in [0.15, 0.2) is 36.7 Å². The summed E-state index contributed by atoms with van der Waals surface area (Å²) >= 11 is 0. The first kappa shape index (κ1) is 21.2. The fourth-order valence-corrected chi connectivity index (χ4v) is 2.73. The van der Waals surface area contributed by atoms with Crippen molar-refractivity contribution in [1.82, 2.24) is 9.97 Å². The van der Waals surface area contributed by atoms with Gasteiger partial charge in [0.1, 0.15) is 5.75 Å². The van der Waals surface area contributed by atoms with Gasteiger partial charge in [-0.25, -0.2) is 9.97 Å². The van der Waals surface area contributed by atoms with Crippen molar-refractivity contribution in [3.8, 4) is 22.9 Å². The lowest BCUT2D eigenvalue weighted by molar-refractivity contribution is 0.206. The molecule has 0 N–H and O–H groups in total. The van der Waals surface area contributed by atoms with Crippen LogP contribution in [0, 0.1) is 5.92 Å². The highest BCUT2D eigenvalue weighted by molar-refractivity contribution is 5.56. The molecule has 2 rings (SSSR count). The molecule has 1 unspecified atom stereocenters. The summed E-state index contributed by atoms with van der Waals surface area (Å²) in [5.74, 6) is 2.85. The fourth-order valence-electron chi connectivity index (χ4n) is 2.73. The summed E-state index contributed by atoms with van der Waals surface area (Å²) in [7, 11) is 0. The summed E-state index contributed by atoms with van der Waals surface area (Å²) in [5.41, 5.74) is 0.978. The van der Waals surface area contributed by atoms with E-state index in [1.54, 1.807) is 12.4 Å². The van der Waals surface area contributed by atoms with E-state index in [4.69, 9.17) is 9.47 Å². The van der Waals surface area contributed by atoms with Crippen molar-refractivity contribution in [2.75, 3.05) is 6.61 Å². The topological polar surface area (TPSA) is 44.2 Å². The summed E-state index contributed by atoms with van der Waals surface area (Å²) in [6.07, 6.45) is 11.0. The smallest absolute Gasteiger partial charge is 0.159 e. The highest BCUT2D eigenvalue weighted by Gasteiger charge is 2.07. The van der Waals surface area contributed by atoms with Gasteiger partial charge in [-0.15, -0.1) is 0 Å². The molecule has 0 aliphatic rings. The first-order valence-corrected chi connectivity index (χ1v) is 10.3. The van der Waals surface area contributed by atoms with Crippen LogP contribution in [0.2, 0.25) is 0 Å². The molecule has 1 aromatic carbocycles. The molecule has 0 aliphatic heterocycles. The Balaban J connectivity index is 1.85. The van der Waals surface area contributed by atoms with Gasteiger partial charge in [0.15, 0.2) is 11.6 Å². The Labute approximate surface area is 164 Å². The quantitative estimate of drug-likeness (QED) is 0.411. The zero-order chi connectivity index (χ0) is 19.5. The molecular weight excluding hydrogens is 336 g/mol. The number of benzene rings is 1. The predicted octanol–water partition coefficient (Wildman–Crippen LogP) is 6.31. The van der Waals surface area contributed by atoms with Gasteiger partial charge in [-0.1, -0.05) is 46.5 Å². The molecule has 1 heterocycles. The van der Waals surface area contributed by atoms with E-state index in [0.717, 1.165) is 29.9 Å². The van der Waals surface area contributed by atoms with Crippen molar-refractivity contribution in [3.05, 3.63) is 36.7 Å². The molecule has 4 heteroatoms. The monoisotopic (exact) mass is 370 g/mol. The number of ether oxygens (including phenoxy) is 2. The van der Waals surface area contributed by atoms with E-state index >= 15 is 0 Å². The third kappa shape index (κ3) is 7.58. The van der Waals surface area contributed by atoms with Crippen molar-refractivity contribution in [3.63, 3.8) is 0 Å². The van der Waals surface area contributed by atoms with Crippen LogP contribution in [-0.4, -0.2) is 22.7 Å². The maximum Gasteiger partial charge on any atom is 0.159 e. The van der Waals surface area contributed by atoms with Crippen LogP contribution >= 0.6 is 0 Å². The Morgan fingerprint density at radius 3 is 2.22 bits per heavy atom. The Bertz CT molecular complexity index is 640. The molecule has 1 aromatic heterocycles. The molecule has 0 fully saturated rings. The van der Waals surface area contributed by atoms with Gasteiger partial charge in [-0.05, 0) is 49.9 Å². The Morgan fingerprint density at radius 1 is 0.889 bits per heavy atom. The Kier molecular flexibility index (Phi) is 9.09. The molecule has 0 saturated carbocycles. The molecular formula is C23H34N2O2. The van der Waals surface area contributed by atoms with Crippen molar-refractivity contribution >= 4 is 0 Å². The third-order valence-corrected chi connectivity index (χ3v) is 4.77. The highest BCUT2D eigenvalue weighted by atomic mass is 16.5. The fraction of sp³-hybridized carbons (Fsp3) is 0.565. The minimum Gasteiger partial charge on any atom is -0.491 e. The molecule has 2 atom stereocenters. The van der Waals surface area contributed by atoms with E-state index in [1.165, 1.54) is 25.7 Å². The van der Waals surface area contributed by atoms with Crippen LogP contribution in [-0.2, 0) is 0 Å². The third-order valence-electron chi connectivity index (χ3n) is 4.77. The van der Waals surface area contributed by atoms with Crippen LogP contribution in [0.25, 0.3) is 11.4 Å². The molecule has 0 amide bonds. The maximum absolute atomic E-state index is 6.01. The molecule has 0 aliphatic carbocycles. The van der Waals surface area contributed by atoms with Crippen molar-refractivity contribution in [1.29, 1.82) is 0 Å². The second-order valence-corrected chi connectivity index (χ2v) is 7.37. The van der Waals surface area contributed by atoms with E-state index < -0.39 is 0 Å². The van der Waals surface area contributed by atoms with Gasteiger partial charge < -0.3 is 9.47 Å². The second kappa shape index (κ2) is 11.6. The lowest BCUT2D eigenvalue weighted by atomic mass is 10.1. The molecule has 0 bridgehead atoms. The van der Waals surface area contributed by atoms with Gasteiger partial charge in [0.2, 0.25) is 0 Å². The summed E-state index contributed by atoms with van der Waals surface area (Å²) in [5, 5.41) is 0. The largest absolute Gasteiger partial charge is 0.491 e. The van der Waals surface area contributed by atoms with Crippen LogP contribution in [0.5, 0.6) is 11.5 Å². The molecule has 148 valence electrons. The summed E-state index contributed by atoms with van der Waals surface area (Å²) < 4.78 is 11.7. The van der Waals surface area contributed by atoms with Crippen molar-refractivity contribution < 1.29 is 9.47 Å². The summed E-state index contributed by atoms with van der Waals surface area (Å²) in [6, 6.07) is 8.01. The average molecular weight is 371 g/mol. The number of unbranched alkanes of at least 4 members (excludes halogenated alkanes) is 3. The van der Waals surface area contributed by atoms with E-state index in [1.807, 2.05) is 24.3 Å². The van der Waals surface area contributed by atoms with Gasteiger partial charge in [0.05, 0.1) is 25.1 Å². The highest BCUT2D eigenvalue weighted by Crippen LogP contribution is 2.22. The molecule has 2 aromatic rings. The van der Waals surface area contributed by atoms with E-state index in [0.29, 0.717) is 18.3 Å². The lowest BCUT2D eigenvalue weighted by Gasteiger charge is -2.15. The minimum absolute atomic E-state index is 0.242. The van der Waals surface area contributed by atoms with Gasteiger partial charge >= 0.3 is 0 Å². The van der Waals surface area contributed by atoms with Crippen LogP contribution in [0.4, 0.5) is 0 Å². The lowest BCUT2D eigenvalue weighted by Crippen LogP contribution is -2.11.